The number of quaternary nitrogens is 1. The minimum absolute atomic E-state index is 0.117. The van der Waals surface area contributed by atoms with Crippen LogP contribution in [0.2, 0.25) is 0 Å². The first-order chi connectivity index (χ1) is 11.9. The van der Waals surface area contributed by atoms with E-state index in [0.717, 1.165) is 11.3 Å². The topological polar surface area (TPSA) is 83.1 Å². The number of likely N-dealkylation sites (tertiary alicyclic amines) is 1. The maximum absolute atomic E-state index is 13.1. The maximum atomic E-state index is 13.1. The number of nitrogens with one attached hydrogen (secondary N) is 1. The Morgan fingerprint density at radius 1 is 1.28 bits per heavy atom. The molecule has 3 N–H and O–H groups in total. The Morgan fingerprint density at radius 2 is 2.00 bits per heavy atom. The van der Waals surface area contributed by atoms with Crippen molar-refractivity contribution in [3.8, 4) is 0 Å². The Labute approximate surface area is 146 Å². The molecule has 0 aromatic heterocycles. The van der Waals surface area contributed by atoms with Crippen molar-refractivity contribution in [2.75, 3.05) is 11.9 Å². The van der Waals surface area contributed by atoms with E-state index < -0.39 is 17.4 Å². The molecule has 1 aromatic rings. The average molecular weight is 340 g/mol. The van der Waals surface area contributed by atoms with Gasteiger partial charge in [0.1, 0.15) is 17.9 Å². The van der Waals surface area contributed by atoms with Gasteiger partial charge in [0.2, 0.25) is 17.4 Å². The first-order valence-electron chi connectivity index (χ1n) is 8.66. The predicted octanol–water partition coefficient (Wildman–Crippen LogP) is 0.223. The van der Waals surface area contributed by atoms with Crippen molar-refractivity contribution in [2.45, 2.75) is 25.4 Å². The largest absolute Gasteiger partial charge is 0.326 e. The number of imide groups is 1. The summed E-state index contributed by atoms with van der Waals surface area (Å²) in [6.45, 7) is 7.90. The Kier molecular flexibility index (Phi) is 3.37. The number of hydrogen-bond acceptors (Lipinski definition) is 3. The number of fused-ring (bicyclic) bond motifs is 4. The fraction of sp³-hybridized carbons (Fsp3) is 0.421. The smallest absolute Gasteiger partial charge is 0.291 e. The molecule has 2 saturated heterocycles. The summed E-state index contributed by atoms with van der Waals surface area (Å²) in [6.07, 6.45) is 1.56. The van der Waals surface area contributed by atoms with E-state index in [1.165, 1.54) is 4.90 Å². The summed E-state index contributed by atoms with van der Waals surface area (Å²) in [5.74, 6) is -1.64. The summed E-state index contributed by atoms with van der Waals surface area (Å²) >= 11 is 0. The number of benzene rings is 1. The van der Waals surface area contributed by atoms with Gasteiger partial charge >= 0.3 is 0 Å². The van der Waals surface area contributed by atoms with Gasteiger partial charge in [-0.05, 0) is 6.07 Å². The molecule has 3 aliphatic rings. The van der Waals surface area contributed by atoms with E-state index in [-0.39, 0.29) is 36.2 Å². The molecular weight excluding hydrogens is 318 g/mol. The number of amides is 3. The summed E-state index contributed by atoms with van der Waals surface area (Å²) in [7, 11) is 0. The van der Waals surface area contributed by atoms with Crippen molar-refractivity contribution in [3.05, 3.63) is 42.5 Å². The quantitative estimate of drug-likeness (QED) is 0.610. The molecule has 1 aromatic carbocycles. The number of rotatable bonds is 3. The van der Waals surface area contributed by atoms with E-state index in [9.17, 15) is 14.4 Å². The van der Waals surface area contributed by atoms with Crippen molar-refractivity contribution in [2.24, 2.45) is 17.8 Å². The highest BCUT2D eigenvalue weighted by Crippen LogP contribution is 2.49. The van der Waals surface area contributed by atoms with Crippen LogP contribution in [0, 0.1) is 17.8 Å². The van der Waals surface area contributed by atoms with Gasteiger partial charge < -0.3 is 10.6 Å². The number of anilines is 1. The molecule has 0 aliphatic carbocycles. The Bertz CT molecular complexity index is 803. The molecule has 2 fully saturated rings. The lowest BCUT2D eigenvalue weighted by molar-refractivity contribution is -0.738. The Balaban J connectivity index is 1.91. The molecule has 3 aliphatic heterocycles. The second-order valence-corrected chi connectivity index (χ2v) is 7.44. The van der Waals surface area contributed by atoms with E-state index in [4.69, 9.17) is 0 Å². The van der Waals surface area contributed by atoms with Gasteiger partial charge in [-0.25, -0.2) is 0 Å². The van der Waals surface area contributed by atoms with Crippen LogP contribution in [-0.4, -0.2) is 35.2 Å². The first-order valence-corrected chi connectivity index (χ1v) is 8.66. The van der Waals surface area contributed by atoms with Crippen LogP contribution in [-0.2, 0) is 19.9 Å². The standard InChI is InChI=1S/C19H21N3O3/c1-4-9-22-16(23)13-14(17(22)24)19(21-15(13)10(2)3)11-7-5-6-8-12(11)20-18(19)25/h4-8,10,13-15,21H,1,9H2,2-3H3,(H,20,25)/p+1/t13-,14-,15+,19-/m1/s1. The van der Waals surface area contributed by atoms with Crippen LogP contribution in [0.25, 0.3) is 0 Å². The number of nitrogens with zero attached hydrogens (tertiary/aromatic N) is 1. The summed E-state index contributed by atoms with van der Waals surface area (Å²) < 4.78 is 0. The number of carbonyl (C=O) groups is 3. The molecule has 4 atom stereocenters. The lowest BCUT2D eigenvalue weighted by Gasteiger charge is -2.26. The van der Waals surface area contributed by atoms with E-state index in [1.54, 1.807) is 6.08 Å². The molecule has 130 valence electrons. The summed E-state index contributed by atoms with van der Waals surface area (Å²) in [6, 6.07) is 7.34. The molecule has 3 amide bonds. The molecule has 0 bridgehead atoms. The van der Waals surface area contributed by atoms with Gasteiger partial charge in [0.15, 0.2) is 0 Å². The van der Waals surface area contributed by atoms with Gasteiger partial charge in [0.05, 0.1) is 5.69 Å². The third-order valence-corrected chi connectivity index (χ3v) is 5.88. The fourth-order valence-corrected chi connectivity index (χ4v) is 4.82. The highest BCUT2D eigenvalue weighted by atomic mass is 16.2. The molecule has 0 unspecified atom stereocenters. The third-order valence-electron chi connectivity index (χ3n) is 5.88. The van der Waals surface area contributed by atoms with E-state index in [1.807, 2.05) is 43.4 Å². The highest BCUT2D eigenvalue weighted by Gasteiger charge is 2.74. The monoisotopic (exact) mass is 340 g/mol. The molecule has 3 heterocycles. The second-order valence-electron chi connectivity index (χ2n) is 7.44. The minimum Gasteiger partial charge on any atom is -0.326 e. The molecular formula is C19H22N3O3+. The predicted molar refractivity (Wildman–Crippen MR) is 91.2 cm³/mol. The molecule has 1 spiro atoms. The van der Waals surface area contributed by atoms with Crippen molar-refractivity contribution in [1.29, 1.82) is 0 Å². The van der Waals surface area contributed by atoms with Crippen molar-refractivity contribution >= 4 is 23.4 Å². The van der Waals surface area contributed by atoms with Crippen LogP contribution in [0.1, 0.15) is 19.4 Å². The van der Waals surface area contributed by atoms with Crippen LogP contribution < -0.4 is 10.6 Å². The number of para-hydroxylation sites is 1. The van der Waals surface area contributed by atoms with Gasteiger partial charge in [-0.2, -0.15) is 0 Å². The highest BCUT2D eigenvalue weighted by molar-refractivity contribution is 6.13. The number of nitrogens with two attached hydrogens (primary N) is 1. The van der Waals surface area contributed by atoms with Crippen molar-refractivity contribution < 1.29 is 19.7 Å². The minimum atomic E-state index is -1.06. The lowest BCUT2D eigenvalue weighted by Crippen LogP contribution is -2.99. The molecule has 6 heteroatoms. The first kappa shape index (κ1) is 16.0. The zero-order chi connectivity index (χ0) is 17.9. The van der Waals surface area contributed by atoms with Crippen molar-refractivity contribution in [3.63, 3.8) is 0 Å². The molecule has 4 rings (SSSR count). The number of hydrogen-bond donors (Lipinski definition) is 2. The second kappa shape index (κ2) is 5.26. The maximum Gasteiger partial charge on any atom is 0.291 e. The molecule has 6 nitrogen and oxygen atoms in total. The summed E-state index contributed by atoms with van der Waals surface area (Å²) in [5.41, 5.74) is 0.479. The normalized spacial score (nSPS) is 33.2. The molecule has 0 radical (unpaired) electrons. The third kappa shape index (κ3) is 1.86. The summed E-state index contributed by atoms with van der Waals surface area (Å²) in [4.78, 5) is 40.4. The van der Waals surface area contributed by atoms with Gasteiger partial charge in [-0.3, -0.25) is 19.3 Å². The van der Waals surface area contributed by atoms with E-state index in [0.29, 0.717) is 0 Å². The average Bonchev–Trinajstić information content (AvgIpc) is 3.16. The molecule has 25 heavy (non-hydrogen) atoms. The molecule has 0 saturated carbocycles. The zero-order valence-electron chi connectivity index (χ0n) is 14.4. The van der Waals surface area contributed by atoms with Gasteiger partial charge in [-0.1, -0.05) is 38.1 Å². The van der Waals surface area contributed by atoms with Crippen LogP contribution in [0.4, 0.5) is 5.69 Å². The van der Waals surface area contributed by atoms with E-state index >= 15 is 0 Å². The summed E-state index contributed by atoms with van der Waals surface area (Å²) in [5, 5.41) is 4.88. The SMILES string of the molecule is C=CCN1C(=O)[C@H]2[C@H](C(C)C)[NH2+][C@@]3(C(=O)Nc4ccccc43)[C@H]2C1=O. The Hall–Kier alpha value is -2.47. The lowest BCUT2D eigenvalue weighted by atomic mass is 9.76. The fourth-order valence-electron chi connectivity index (χ4n) is 4.82. The Morgan fingerprint density at radius 3 is 2.68 bits per heavy atom. The van der Waals surface area contributed by atoms with Crippen LogP contribution in [0.3, 0.4) is 0 Å². The van der Waals surface area contributed by atoms with Crippen LogP contribution >= 0.6 is 0 Å². The zero-order valence-corrected chi connectivity index (χ0v) is 14.4. The van der Waals surface area contributed by atoms with Gasteiger partial charge in [0, 0.05) is 18.0 Å². The van der Waals surface area contributed by atoms with Crippen molar-refractivity contribution in [1.82, 2.24) is 4.90 Å². The van der Waals surface area contributed by atoms with E-state index in [2.05, 4.69) is 11.9 Å². The van der Waals surface area contributed by atoms with Gasteiger partial charge in [0.25, 0.3) is 5.91 Å². The number of carbonyl (C=O) groups excluding carboxylic acids is 3. The van der Waals surface area contributed by atoms with Crippen LogP contribution in [0.5, 0.6) is 0 Å². The van der Waals surface area contributed by atoms with Crippen LogP contribution in [0.15, 0.2) is 36.9 Å². The van der Waals surface area contributed by atoms with Gasteiger partial charge in [-0.15, -0.1) is 6.58 Å².